The van der Waals surface area contributed by atoms with Crippen LogP contribution in [-0.2, 0) is 14.8 Å². The molecule has 1 N–H and O–H groups in total. The third kappa shape index (κ3) is 2.80. The van der Waals surface area contributed by atoms with Gasteiger partial charge in [0.1, 0.15) is 11.4 Å². The molecule has 1 aromatic rings. The largest absolute Gasteiger partial charge is 0.341 e. The molecular formula is C16H22N3O4S+. The van der Waals surface area contributed by atoms with Crippen molar-refractivity contribution in [3.05, 3.63) is 29.8 Å². The standard InChI is InChI=1S/C16H21N3O4S/c1-17-9-7-12(8-10-17)18(2)15(20)11-19-16(21)13-5-3-4-6-14(13)24(19,22)23/h3-6,12H,7-11H2,1-2H3/p+1. The molecule has 2 aliphatic heterocycles. The smallest absolute Gasteiger partial charge is 0.269 e. The number of carbonyl (C=O) groups is 2. The van der Waals surface area contributed by atoms with Crippen LogP contribution in [0.25, 0.3) is 0 Å². The zero-order chi connectivity index (χ0) is 17.5. The van der Waals surface area contributed by atoms with E-state index >= 15 is 0 Å². The van der Waals surface area contributed by atoms with Gasteiger partial charge >= 0.3 is 0 Å². The Morgan fingerprint density at radius 3 is 2.54 bits per heavy atom. The highest BCUT2D eigenvalue weighted by molar-refractivity contribution is 7.90. The first-order valence-corrected chi connectivity index (χ1v) is 9.49. The average Bonchev–Trinajstić information content (AvgIpc) is 2.76. The van der Waals surface area contributed by atoms with E-state index in [9.17, 15) is 18.0 Å². The normalized spacial score (nSPS) is 25.4. The van der Waals surface area contributed by atoms with Crippen LogP contribution in [0.15, 0.2) is 29.2 Å². The number of sulfonamides is 1. The number of piperidine rings is 1. The Balaban J connectivity index is 1.74. The molecule has 24 heavy (non-hydrogen) atoms. The van der Waals surface area contributed by atoms with Gasteiger partial charge in [0.05, 0.1) is 25.7 Å². The Bertz CT molecular complexity index is 769. The number of nitrogens with zero attached hydrogens (tertiary/aromatic N) is 2. The topological polar surface area (TPSA) is 79.2 Å². The lowest BCUT2D eigenvalue weighted by Crippen LogP contribution is -3.10. The van der Waals surface area contributed by atoms with Crippen LogP contribution in [0.2, 0.25) is 0 Å². The summed E-state index contributed by atoms with van der Waals surface area (Å²) in [6, 6.07) is 6.16. The van der Waals surface area contributed by atoms with E-state index in [1.807, 2.05) is 0 Å². The number of fused-ring (bicyclic) bond motifs is 1. The van der Waals surface area contributed by atoms with Crippen LogP contribution in [0, 0.1) is 0 Å². The van der Waals surface area contributed by atoms with E-state index < -0.39 is 22.5 Å². The summed E-state index contributed by atoms with van der Waals surface area (Å²) in [6.07, 6.45) is 1.77. The lowest BCUT2D eigenvalue weighted by molar-refractivity contribution is -0.885. The van der Waals surface area contributed by atoms with Crippen LogP contribution in [0.5, 0.6) is 0 Å². The number of likely N-dealkylation sites (tertiary alicyclic amines) is 1. The minimum Gasteiger partial charge on any atom is -0.341 e. The Labute approximate surface area is 141 Å². The Kier molecular flexibility index (Phi) is 4.35. The molecule has 0 bridgehead atoms. The van der Waals surface area contributed by atoms with Crippen molar-refractivity contribution in [2.75, 3.05) is 33.7 Å². The predicted octanol–water partition coefficient (Wildman–Crippen LogP) is -1.03. The molecule has 2 amide bonds. The van der Waals surface area contributed by atoms with E-state index in [4.69, 9.17) is 0 Å². The van der Waals surface area contributed by atoms with Crippen LogP contribution in [-0.4, -0.2) is 69.2 Å². The number of quaternary nitrogens is 1. The van der Waals surface area contributed by atoms with Crippen molar-refractivity contribution in [1.29, 1.82) is 0 Å². The number of amides is 2. The maximum absolute atomic E-state index is 12.5. The second kappa shape index (κ2) is 6.18. The maximum atomic E-state index is 12.5. The van der Waals surface area contributed by atoms with Gasteiger partial charge in [-0.3, -0.25) is 9.59 Å². The number of nitrogens with one attached hydrogen (secondary N) is 1. The van der Waals surface area contributed by atoms with E-state index in [-0.39, 0.29) is 22.4 Å². The Morgan fingerprint density at radius 1 is 1.29 bits per heavy atom. The van der Waals surface area contributed by atoms with Gasteiger partial charge in [0, 0.05) is 25.9 Å². The zero-order valence-corrected chi connectivity index (χ0v) is 14.7. The number of benzene rings is 1. The fourth-order valence-corrected chi connectivity index (χ4v) is 4.83. The molecule has 1 fully saturated rings. The van der Waals surface area contributed by atoms with E-state index in [1.165, 1.54) is 17.0 Å². The second-order valence-corrected chi connectivity index (χ2v) is 8.34. The fraction of sp³-hybridized carbons (Fsp3) is 0.500. The van der Waals surface area contributed by atoms with Crippen LogP contribution >= 0.6 is 0 Å². The lowest BCUT2D eigenvalue weighted by Gasteiger charge is -2.33. The first-order chi connectivity index (χ1) is 11.3. The molecule has 130 valence electrons. The summed E-state index contributed by atoms with van der Waals surface area (Å²) in [7, 11) is -0.127. The summed E-state index contributed by atoms with van der Waals surface area (Å²) in [4.78, 5) is 27.9. The molecule has 0 aliphatic carbocycles. The summed E-state index contributed by atoms with van der Waals surface area (Å²) in [5.41, 5.74) is 0.135. The van der Waals surface area contributed by atoms with E-state index in [1.54, 1.807) is 24.1 Å². The second-order valence-electron chi connectivity index (χ2n) is 6.51. The number of hydrogen-bond donors (Lipinski definition) is 1. The monoisotopic (exact) mass is 352 g/mol. The third-order valence-corrected chi connectivity index (χ3v) is 6.73. The van der Waals surface area contributed by atoms with Gasteiger partial charge in [-0.1, -0.05) is 12.1 Å². The maximum Gasteiger partial charge on any atom is 0.269 e. The quantitative estimate of drug-likeness (QED) is 0.754. The lowest BCUT2D eigenvalue weighted by atomic mass is 10.0. The van der Waals surface area contributed by atoms with Crippen LogP contribution in [0.1, 0.15) is 23.2 Å². The molecule has 2 heterocycles. The summed E-state index contributed by atoms with van der Waals surface area (Å²) in [5, 5.41) is 0. The highest BCUT2D eigenvalue weighted by Crippen LogP contribution is 2.29. The van der Waals surface area contributed by atoms with Crippen LogP contribution < -0.4 is 4.90 Å². The Hall–Kier alpha value is -1.93. The molecule has 0 spiro atoms. The molecule has 2 aliphatic rings. The van der Waals surface area contributed by atoms with Gasteiger partial charge in [-0.2, -0.15) is 0 Å². The van der Waals surface area contributed by atoms with Gasteiger partial charge in [0.2, 0.25) is 5.91 Å². The minimum absolute atomic E-state index is 0.0201. The summed E-state index contributed by atoms with van der Waals surface area (Å²) in [6.45, 7) is 1.52. The molecule has 7 nitrogen and oxygen atoms in total. The van der Waals surface area contributed by atoms with Crippen molar-refractivity contribution in [3.63, 3.8) is 0 Å². The van der Waals surface area contributed by atoms with E-state index in [0.29, 0.717) is 4.31 Å². The van der Waals surface area contributed by atoms with E-state index in [2.05, 4.69) is 7.05 Å². The van der Waals surface area contributed by atoms with Gasteiger partial charge in [-0.15, -0.1) is 0 Å². The van der Waals surface area contributed by atoms with Crippen LogP contribution in [0.3, 0.4) is 0 Å². The van der Waals surface area contributed by atoms with E-state index in [0.717, 1.165) is 25.9 Å². The van der Waals surface area contributed by atoms with Gasteiger partial charge in [0.15, 0.2) is 0 Å². The number of carbonyl (C=O) groups excluding carboxylic acids is 2. The minimum atomic E-state index is -3.93. The highest BCUT2D eigenvalue weighted by Gasteiger charge is 2.42. The predicted molar refractivity (Wildman–Crippen MR) is 87.1 cm³/mol. The van der Waals surface area contributed by atoms with Gasteiger partial charge in [-0.05, 0) is 12.1 Å². The number of rotatable bonds is 3. The summed E-state index contributed by atoms with van der Waals surface area (Å²) < 4.78 is 25.7. The van der Waals surface area contributed by atoms with Crippen molar-refractivity contribution in [2.24, 2.45) is 0 Å². The Morgan fingerprint density at radius 2 is 1.92 bits per heavy atom. The molecule has 0 radical (unpaired) electrons. The van der Waals surface area contributed by atoms with Crippen molar-refractivity contribution in [1.82, 2.24) is 9.21 Å². The van der Waals surface area contributed by atoms with Gasteiger partial charge < -0.3 is 9.80 Å². The molecule has 0 saturated carbocycles. The first-order valence-electron chi connectivity index (χ1n) is 8.05. The molecular weight excluding hydrogens is 330 g/mol. The fourth-order valence-electron chi connectivity index (χ4n) is 3.31. The molecule has 0 atom stereocenters. The summed E-state index contributed by atoms with van der Waals surface area (Å²) in [5.74, 6) is -0.968. The molecule has 0 aromatic heterocycles. The highest BCUT2D eigenvalue weighted by atomic mass is 32.2. The zero-order valence-electron chi connectivity index (χ0n) is 13.9. The molecule has 1 aromatic carbocycles. The third-order valence-electron chi connectivity index (χ3n) is 4.94. The molecule has 0 unspecified atom stereocenters. The van der Waals surface area contributed by atoms with Crippen LogP contribution in [0.4, 0.5) is 0 Å². The molecule has 3 rings (SSSR count). The van der Waals surface area contributed by atoms with Crippen molar-refractivity contribution in [3.8, 4) is 0 Å². The molecule has 8 heteroatoms. The average molecular weight is 352 g/mol. The van der Waals surface area contributed by atoms with Crippen molar-refractivity contribution < 1.29 is 22.9 Å². The SMILES string of the molecule is CN(C(=O)CN1C(=O)c2ccccc2S1(=O)=O)C1CC[NH+](C)CC1. The number of hydrogen-bond acceptors (Lipinski definition) is 4. The first kappa shape index (κ1) is 16.9. The van der Waals surface area contributed by atoms with Crippen molar-refractivity contribution in [2.45, 2.75) is 23.8 Å². The number of likely N-dealkylation sites (N-methyl/N-ethyl adjacent to an activating group) is 1. The van der Waals surface area contributed by atoms with Gasteiger partial charge in [0.25, 0.3) is 15.9 Å². The van der Waals surface area contributed by atoms with Gasteiger partial charge in [-0.25, -0.2) is 12.7 Å². The summed E-state index contributed by atoms with van der Waals surface area (Å²) >= 11 is 0. The molecule has 1 saturated heterocycles. The van der Waals surface area contributed by atoms with Crippen molar-refractivity contribution >= 4 is 21.8 Å².